The van der Waals surface area contributed by atoms with Crippen molar-refractivity contribution in [2.75, 3.05) is 5.32 Å². The number of hydrogen-bond donors (Lipinski definition) is 1. The van der Waals surface area contributed by atoms with Gasteiger partial charge in [-0.15, -0.1) is 0 Å². The predicted molar refractivity (Wildman–Crippen MR) is 84.4 cm³/mol. The highest BCUT2D eigenvalue weighted by Crippen LogP contribution is 2.32. The molecule has 1 atom stereocenters. The van der Waals surface area contributed by atoms with Crippen LogP contribution in [0.3, 0.4) is 0 Å². The molecule has 0 spiro atoms. The van der Waals surface area contributed by atoms with E-state index in [1.807, 2.05) is 12.1 Å². The van der Waals surface area contributed by atoms with Crippen LogP contribution in [0.25, 0.3) is 0 Å². The molecule has 3 heteroatoms. The number of anilines is 1. The molecule has 0 aliphatic carbocycles. The Kier molecular flexibility index (Phi) is 4.38. The summed E-state index contributed by atoms with van der Waals surface area (Å²) in [7, 11) is 0. The number of nitrogens with one attached hydrogen (secondary N) is 1. The Morgan fingerprint density at radius 1 is 1.05 bits per heavy atom. The Morgan fingerprint density at radius 2 is 1.79 bits per heavy atom. The Labute approximate surface area is 124 Å². The molecule has 0 aromatic heterocycles. The van der Waals surface area contributed by atoms with E-state index in [9.17, 15) is 0 Å². The van der Waals surface area contributed by atoms with Crippen LogP contribution in [0.4, 0.5) is 5.69 Å². The standard InChI is InChI=1S/C16H17Cl2N/c1-10-7-8-11(2)15(9-10)19-12(3)13-5-4-6-14(17)16(13)18/h4-9,12,19H,1-3H3. The van der Waals surface area contributed by atoms with Crippen LogP contribution in [0.5, 0.6) is 0 Å². The highest BCUT2D eigenvalue weighted by atomic mass is 35.5. The van der Waals surface area contributed by atoms with Crippen LogP contribution in [-0.4, -0.2) is 0 Å². The Morgan fingerprint density at radius 3 is 2.53 bits per heavy atom. The zero-order valence-electron chi connectivity index (χ0n) is 11.3. The molecule has 0 aliphatic heterocycles. The molecule has 2 aromatic carbocycles. The average molecular weight is 294 g/mol. The summed E-state index contributed by atoms with van der Waals surface area (Å²) >= 11 is 12.3. The lowest BCUT2D eigenvalue weighted by Gasteiger charge is -2.19. The first-order chi connectivity index (χ1) is 8.99. The molecule has 0 radical (unpaired) electrons. The van der Waals surface area contributed by atoms with Crippen molar-refractivity contribution < 1.29 is 0 Å². The molecule has 100 valence electrons. The zero-order valence-corrected chi connectivity index (χ0v) is 12.8. The third-order valence-corrected chi connectivity index (χ3v) is 4.05. The quantitative estimate of drug-likeness (QED) is 0.756. The first kappa shape index (κ1) is 14.2. The summed E-state index contributed by atoms with van der Waals surface area (Å²) in [6.45, 7) is 6.26. The van der Waals surface area contributed by atoms with Crippen molar-refractivity contribution >= 4 is 28.9 Å². The summed E-state index contributed by atoms with van der Waals surface area (Å²) in [5.74, 6) is 0. The van der Waals surface area contributed by atoms with Crippen LogP contribution in [0.1, 0.15) is 29.7 Å². The number of benzene rings is 2. The summed E-state index contributed by atoms with van der Waals surface area (Å²) in [6, 6.07) is 12.2. The van der Waals surface area contributed by atoms with Gasteiger partial charge in [-0.2, -0.15) is 0 Å². The third kappa shape index (κ3) is 3.23. The Hall–Kier alpha value is -1.18. The van der Waals surface area contributed by atoms with Crippen molar-refractivity contribution in [1.82, 2.24) is 0 Å². The van der Waals surface area contributed by atoms with Gasteiger partial charge in [-0.05, 0) is 49.6 Å². The van der Waals surface area contributed by atoms with Crippen LogP contribution in [0, 0.1) is 13.8 Å². The van der Waals surface area contributed by atoms with Gasteiger partial charge in [0.1, 0.15) is 0 Å². The van der Waals surface area contributed by atoms with E-state index in [0.717, 1.165) is 11.3 Å². The molecule has 2 aromatic rings. The zero-order chi connectivity index (χ0) is 14.0. The SMILES string of the molecule is Cc1ccc(C)c(NC(C)c2cccc(Cl)c2Cl)c1. The average Bonchev–Trinajstić information content (AvgIpc) is 2.37. The van der Waals surface area contributed by atoms with Crippen LogP contribution in [-0.2, 0) is 0 Å². The highest BCUT2D eigenvalue weighted by Gasteiger charge is 2.12. The second-order valence-electron chi connectivity index (χ2n) is 4.83. The number of halogens is 2. The molecule has 0 heterocycles. The van der Waals surface area contributed by atoms with E-state index in [2.05, 4.69) is 44.3 Å². The Bertz CT molecular complexity index is 593. The van der Waals surface area contributed by atoms with E-state index in [4.69, 9.17) is 23.2 Å². The Balaban J connectivity index is 2.28. The molecule has 1 nitrogen and oxygen atoms in total. The summed E-state index contributed by atoms with van der Waals surface area (Å²) in [6.07, 6.45) is 0. The summed E-state index contributed by atoms with van der Waals surface area (Å²) < 4.78 is 0. The summed E-state index contributed by atoms with van der Waals surface area (Å²) in [5.41, 5.74) is 4.59. The van der Waals surface area contributed by atoms with E-state index in [0.29, 0.717) is 10.0 Å². The molecule has 0 fully saturated rings. The fraction of sp³-hybridized carbons (Fsp3) is 0.250. The van der Waals surface area contributed by atoms with Gasteiger partial charge in [-0.3, -0.25) is 0 Å². The minimum atomic E-state index is 0.103. The lowest BCUT2D eigenvalue weighted by Crippen LogP contribution is -2.08. The molecule has 0 bridgehead atoms. The van der Waals surface area contributed by atoms with Gasteiger partial charge in [0, 0.05) is 5.69 Å². The van der Waals surface area contributed by atoms with E-state index in [1.165, 1.54) is 11.1 Å². The van der Waals surface area contributed by atoms with Crippen molar-refractivity contribution in [3.8, 4) is 0 Å². The van der Waals surface area contributed by atoms with Crippen LogP contribution >= 0.6 is 23.2 Å². The van der Waals surface area contributed by atoms with Crippen molar-refractivity contribution in [3.05, 3.63) is 63.1 Å². The predicted octanol–water partition coefficient (Wildman–Crippen LogP) is 5.78. The molecule has 0 saturated heterocycles. The largest absolute Gasteiger partial charge is 0.378 e. The number of rotatable bonds is 3. The fourth-order valence-electron chi connectivity index (χ4n) is 2.06. The highest BCUT2D eigenvalue weighted by molar-refractivity contribution is 6.42. The minimum Gasteiger partial charge on any atom is -0.378 e. The van der Waals surface area contributed by atoms with E-state index in [1.54, 1.807) is 6.07 Å². The molecule has 2 rings (SSSR count). The molecule has 0 aliphatic rings. The second kappa shape index (κ2) is 5.85. The molecule has 1 N–H and O–H groups in total. The van der Waals surface area contributed by atoms with Crippen LogP contribution in [0.2, 0.25) is 10.0 Å². The van der Waals surface area contributed by atoms with Crippen molar-refractivity contribution in [2.45, 2.75) is 26.8 Å². The maximum atomic E-state index is 6.25. The molecule has 1 unspecified atom stereocenters. The molecule has 0 saturated carbocycles. The lowest BCUT2D eigenvalue weighted by atomic mass is 10.1. The fourth-order valence-corrected chi connectivity index (χ4v) is 2.53. The minimum absolute atomic E-state index is 0.103. The van der Waals surface area contributed by atoms with E-state index < -0.39 is 0 Å². The van der Waals surface area contributed by atoms with Gasteiger partial charge >= 0.3 is 0 Å². The summed E-state index contributed by atoms with van der Waals surface area (Å²) in [4.78, 5) is 0. The third-order valence-electron chi connectivity index (χ3n) is 3.21. The van der Waals surface area contributed by atoms with E-state index >= 15 is 0 Å². The first-order valence-electron chi connectivity index (χ1n) is 6.26. The van der Waals surface area contributed by atoms with Crippen molar-refractivity contribution in [2.24, 2.45) is 0 Å². The molecule has 19 heavy (non-hydrogen) atoms. The van der Waals surface area contributed by atoms with Crippen molar-refractivity contribution in [1.29, 1.82) is 0 Å². The topological polar surface area (TPSA) is 12.0 Å². The maximum absolute atomic E-state index is 6.25. The van der Waals surface area contributed by atoms with Gasteiger partial charge in [0.2, 0.25) is 0 Å². The molecular weight excluding hydrogens is 277 g/mol. The second-order valence-corrected chi connectivity index (χ2v) is 5.61. The first-order valence-corrected chi connectivity index (χ1v) is 7.02. The maximum Gasteiger partial charge on any atom is 0.0644 e. The lowest BCUT2D eigenvalue weighted by molar-refractivity contribution is 0.882. The summed E-state index contributed by atoms with van der Waals surface area (Å²) in [5, 5.41) is 4.70. The van der Waals surface area contributed by atoms with E-state index in [-0.39, 0.29) is 6.04 Å². The van der Waals surface area contributed by atoms with Crippen molar-refractivity contribution in [3.63, 3.8) is 0 Å². The van der Waals surface area contributed by atoms with Gasteiger partial charge in [-0.25, -0.2) is 0 Å². The normalized spacial score (nSPS) is 12.3. The smallest absolute Gasteiger partial charge is 0.0644 e. The van der Waals surface area contributed by atoms with Crippen LogP contribution in [0.15, 0.2) is 36.4 Å². The number of hydrogen-bond acceptors (Lipinski definition) is 1. The monoisotopic (exact) mass is 293 g/mol. The van der Waals surface area contributed by atoms with Gasteiger partial charge < -0.3 is 5.32 Å². The van der Waals surface area contributed by atoms with Gasteiger partial charge in [0.05, 0.1) is 16.1 Å². The van der Waals surface area contributed by atoms with Crippen LogP contribution < -0.4 is 5.32 Å². The van der Waals surface area contributed by atoms with Gasteiger partial charge in [0.15, 0.2) is 0 Å². The molecule has 0 amide bonds. The van der Waals surface area contributed by atoms with Gasteiger partial charge in [-0.1, -0.05) is 47.5 Å². The molecular formula is C16H17Cl2N. The van der Waals surface area contributed by atoms with Gasteiger partial charge in [0.25, 0.3) is 0 Å². The number of aryl methyl sites for hydroxylation is 2.